The minimum Gasteiger partial charge on any atom is -0.337 e. The van der Waals surface area contributed by atoms with Crippen LogP contribution >= 0.6 is 0 Å². The van der Waals surface area contributed by atoms with E-state index in [1.807, 2.05) is 0 Å². The molecule has 0 aromatic heterocycles. The SMILES string of the molecule is CCC(=O)N1CC(F)C(F)C1. The van der Waals surface area contributed by atoms with Crippen molar-refractivity contribution in [3.8, 4) is 0 Å². The number of amides is 1. The lowest BCUT2D eigenvalue weighted by Gasteiger charge is -2.12. The summed E-state index contributed by atoms with van der Waals surface area (Å²) in [7, 11) is 0. The molecule has 0 N–H and O–H groups in total. The van der Waals surface area contributed by atoms with Crippen molar-refractivity contribution in [1.29, 1.82) is 0 Å². The predicted octanol–water partition coefficient (Wildman–Crippen LogP) is 0.915. The smallest absolute Gasteiger partial charge is 0.222 e. The summed E-state index contributed by atoms with van der Waals surface area (Å²) in [5, 5.41) is 0. The zero-order valence-corrected chi connectivity index (χ0v) is 6.39. The quantitative estimate of drug-likeness (QED) is 0.562. The van der Waals surface area contributed by atoms with Crippen molar-refractivity contribution in [2.75, 3.05) is 13.1 Å². The van der Waals surface area contributed by atoms with Crippen LogP contribution in [0.5, 0.6) is 0 Å². The Hall–Kier alpha value is -0.670. The molecule has 0 aromatic carbocycles. The summed E-state index contributed by atoms with van der Waals surface area (Å²) in [6.07, 6.45) is -2.64. The van der Waals surface area contributed by atoms with Crippen molar-refractivity contribution in [3.63, 3.8) is 0 Å². The van der Waals surface area contributed by atoms with E-state index in [1.165, 1.54) is 4.90 Å². The van der Waals surface area contributed by atoms with Crippen molar-refractivity contribution in [3.05, 3.63) is 0 Å². The van der Waals surface area contributed by atoms with Gasteiger partial charge in [0.2, 0.25) is 5.91 Å². The molecule has 1 saturated heterocycles. The number of hydrogen-bond donors (Lipinski definition) is 0. The first-order chi connectivity index (χ1) is 5.15. The average Bonchev–Trinajstić information content (AvgIpc) is 2.31. The number of halogens is 2. The van der Waals surface area contributed by atoms with E-state index < -0.39 is 12.3 Å². The lowest BCUT2D eigenvalue weighted by atomic mass is 10.3. The summed E-state index contributed by atoms with van der Waals surface area (Å²) in [5.74, 6) is -0.173. The number of carbonyl (C=O) groups excluding carboxylic acids is 1. The highest BCUT2D eigenvalue weighted by Crippen LogP contribution is 2.16. The van der Waals surface area contributed by atoms with Crippen LogP contribution in [0.1, 0.15) is 13.3 Å². The first-order valence-electron chi connectivity index (χ1n) is 3.71. The van der Waals surface area contributed by atoms with Gasteiger partial charge < -0.3 is 4.90 Å². The van der Waals surface area contributed by atoms with Gasteiger partial charge in [0.1, 0.15) is 0 Å². The van der Waals surface area contributed by atoms with E-state index in [2.05, 4.69) is 0 Å². The molecule has 0 aliphatic carbocycles. The summed E-state index contributed by atoms with van der Waals surface area (Å²) in [6, 6.07) is 0. The molecule has 1 fully saturated rings. The second-order valence-corrected chi connectivity index (χ2v) is 2.68. The van der Waals surface area contributed by atoms with Gasteiger partial charge in [-0.15, -0.1) is 0 Å². The van der Waals surface area contributed by atoms with Crippen LogP contribution in [-0.4, -0.2) is 36.2 Å². The fraction of sp³-hybridized carbons (Fsp3) is 0.857. The van der Waals surface area contributed by atoms with Gasteiger partial charge in [-0.05, 0) is 0 Å². The molecule has 0 bridgehead atoms. The van der Waals surface area contributed by atoms with Crippen LogP contribution < -0.4 is 0 Å². The lowest BCUT2D eigenvalue weighted by molar-refractivity contribution is -0.130. The van der Waals surface area contributed by atoms with Gasteiger partial charge in [0.05, 0.1) is 13.1 Å². The van der Waals surface area contributed by atoms with E-state index in [9.17, 15) is 13.6 Å². The Morgan fingerprint density at radius 3 is 2.27 bits per heavy atom. The largest absolute Gasteiger partial charge is 0.337 e. The molecule has 4 heteroatoms. The van der Waals surface area contributed by atoms with E-state index in [1.54, 1.807) is 6.92 Å². The molecule has 0 saturated carbocycles. The summed E-state index contributed by atoms with van der Waals surface area (Å²) >= 11 is 0. The third kappa shape index (κ3) is 1.67. The molecule has 64 valence electrons. The molecule has 2 unspecified atom stereocenters. The maximum absolute atomic E-state index is 12.5. The van der Waals surface area contributed by atoms with Crippen LogP contribution in [0.4, 0.5) is 8.78 Å². The van der Waals surface area contributed by atoms with Gasteiger partial charge >= 0.3 is 0 Å². The van der Waals surface area contributed by atoms with Gasteiger partial charge in [0.15, 0.2) is 12.3 Å². The molecule has 0 spiro atoms. The Labute approximate surface area is 64.2 Å². The van der Waals surface area contributed by atoms with Crippen LogP contribution in [0.2, 0.25) is 0 Å². The molecule has 1 aliphatic heterocycles. The Kier molecular flexibility index (Phi) is 2.42. The minimum atomic E-state index is -1.48. The van der Waals surface area contributed by atoms with Crippen molar-refractivity contribution in [2.24, 2.45) is 0 Å². The van der Waals surface area contributed by atoms with Crippen LogP contribution in [0.3, 0.4) is 0 Å². The fourth-order valence-electron chi connectivity index (χ4n) is 1.15. The molecule has 2 atom stereocenters. The van der Waals surface area contributed by atoms with E-state index in [4.69, 9.17) is 0 Å². The fourth-order valence-corrected chi connectivity index (χ4v) is 1.15. The summed E-state index contributed by atoms with van der Waals surface area (Å²) in [6.45, 7) is 1.53. The zero-order valence-electron chi connectivity index (χ0n) is 6.39. The Bertz CT molecular complexity index is 153. The second kappa shape index (κ2) is 3.15. The number of hydrogen-bond acceptors (Lipinski definition) is 1. The highest BCUT2D eigenvalue weighted by atomic mass is 19.2. The van der Waals surface area contributed by atoms with Gasteiger partial charge in [-0.3, -0.25) is 4.79 Å². The minimum absolute atomic E-state index is 0.0756. The molecule has 0 radical (unpaired) electrons. The van der Waals surface area contributed by atoms with Crippen molar-refractivity contribution in [2.45, 2.75) is 25.7 Å². The number of likely N-dealkylation sites (tertiary alicyclic amines) is 1. The van der Waals surface area contributed by atoms with Crippen LogP contribution in [-0.2, 0) is 4.79 Å². The number of carbonyl (C=O) groups is 1. The highest BCUT2D eigenvalue weighted by molar-refractivity contribution is 5.76. The first kappa shape index (κ1) is 8.43. The monoisotopic (exact) mass is 163 g/mol. The van der Waals surface area contributed by atoms with E-state index in [0.717, 1.165) is 0 Å². The van der Waals surface area contributed by atoms with Gasteiger partial charge in [-0.25, -0.2) is 8.78 Å². The third-order valence-corrected chi connectivity index (χ3v) is 1.84. The second-order valence-electron chi connectivity index (χ2n) is 2.68. The van der Waals surface area contributed by atoms with E-state index in [-0.39, 0.29) is 19.0 Å². The zero-order chi connectivity index (χ0) is 8.43. The number of nitrogens with zero attached hydrogens (tertiary/aromatic N) is 1. The van der Waals surface area contributed by atoms with Gasteiger partial charge in [0, 0.05) is 6.42 Å². The Morgan fingerprint density at radius 2 is 1.91 bits per heavy atom. The Morgan fingerprint density at radius 1 is 1.45 bits per heavy atom. The van der Waals surface area contributed by atoms with Gasteiger partial charge in [0.25, 0.3) is 0 Å². The topological polar surface area (TPSA) is 20.3 Å². The summed E-state index contributed by atoms with van der Waals surface area (Å²) in [5.41, 5.74) is 0. The van der Waals surface area contributed by atoms with Crippen molar-refractivity contribution >= 4 is 5.91 Å². The maximum atomic E-state index is 12.5. The molecule has 1 amide bonds. The van der Waals surface area contributed by atoms with Crippen LogP contribution in [0.25, 0.3) is 0 Å². The summed E-state index contributed by atoms with van der Waals surface area (Å²) in [4.78, 5) is 12.1. The number of rotatable bonds is 1. The lowest BCUT2D eigenvalue weighted by Crippen LogP contribution is -2.28. The molecule has 1 rings (SSSR count). The van der Waals surface area contributed by atoms with Crippen molar-refractivity contribution < 1.29 is 13.6 Å². The summed E-state index contributed by atoms with van der Waals surface area (Å²) < 4.78 is 25.0. The molecule has 1 heterocycles. The normalized spacial score (nSPS) is 31.0. The maximum Gasteiger partial charge on any atom is 0.222 e. The predicted molar refractivity (Wildman–Crippen MR) is 36.7 cm³/mol. The first-order valence-corrected chi connectivity index (χ1v) is 3.71. The third-order valence-electron chi connectivity index (χ3n) is 1.84. The molecule has 2 nitrogen and oxygen atoms in total. The van der Waals surface area contributed by atoms with E-state index in [0.29, 0.717) is 6.42 Å². The molecule has 11 heavy (non-hydrogen) atoms. The van der Waals surface area contributed by atoms with Crippen LogP contribution in [0, 0.1) is 0 Å². The molecule has 1 aliphatic rings. The van der Waals surface area contributed by atoms with E-state index >= 15 is 0 Å². The van der Waals surface area contributed by atoms with Crippen LogP contribution in [0.15, 0.2) is 0 Å². The van der Waals surface area contributed by atoms with Gasteiger partial charge in [-0.2, -0.15) is 0 Å². The highest BCUT2D eigenvalue weighted by Gasteiger charge is 2.34. The van der Waals surface area contributed by atoms with Gasteiger partial charge in [-0.1, -0.05) is 6.92 Å². The molecule has 0 aromatic rings. The standard InChI is InChI=1S/C7H11F2NO/c1-2-7(11)10-3-5(8)6(9)4-10/h5-6H,2-4H2,1H3. The average molecular weight is 163 g/mol. The van der Waals surface area contributed by atoms with Crippen molar-refractivity contribution in [1.82, 2.24) is 4.90 Å². The number of alkyl halides is 2. The Balaban J connectivity index is 2.46. The molecular formula is C7H11F2NO. The molecular weight excluding hydrogens is 152 g/mol.